The number of carbonyl (C=O) groups is 3. The molecule has 0 unspecified atom stereocenters. The lowest BCUT2D eigenvalue weighted by atomic mass is 10.1. The topological polar surface area (TPSA) is 82.1 Å². The summed E-state index contributed by atoms with van der Waals surface area (Å²) in [7, 11) is 0. The molecule has 170 valence electrons. The van der Waals surface area contributed by atoms with Gasteiger partial charge in [0.05, 0.1) is 13.0 Å². The minimum atomic E-state index is -1.02. The highest BCUT2D eigenvalue weighted by molar-refractivity contribution is 6.37. The molecule has 3 aromatic rings. The first-order valence-electron chi connectivity index (χ1n) is 10.6. The SMILES string of the molecule is CC(C)(C)OC(=O)C(=O)CC(=O)N(Cc1ccc2ccccc2c1)c1ccc2c(c1)OCO2. The van der Waals surface area contributed by atoms with E-state index in [0.29, 0.717) is 17.2 Å². The number of fused-ring (bicyclic) bond motifs is 2. The van der Waals surface area contributed by atoms with Crippen LogP contribution < -0.4 is 14.4 Å². The van der Waals surface area contributed by atoms with Crippen LogP contribution in [0, 0.1) is 0 Å². The van der Waals surface area contributed by atoms with Gasteiger partial charge in [-0.15, -0.1) is 0 Å². The maximum absolute atomic E-state index is 13.2. The van der Waals surface area contributed by atoms with E-state index in [2.05, 4.69) is 0 Å². The molecule has 0 radical (unpaired) electrons. The summed E-state index contributed by atoms with van der Waals surface area (Å²) in [6, 6.07) is 19.0. The number of hydrogen-bond acceptors (Lipinski definition) is 6. The van der Waals surface area contributed by atoms with Crippen LogP contribution in [0.25, 0.3) is 10.8 Å². The highest BCUT2D eigenvalue weighted by Gasteiger charge is 2.28. The predicted molar refractivity (Wildman–Crippen MR) is 123 cm³/mol. The molecule has 0 atom stereocenters. The van der Waals surface area contributed by atoms with Crippen molar-refractivity contribution < 1.29 is 28.6 Å². The molecule has 4 rings (SSSR count). The summed E-state index contributed by atoms with van der Waals surface area (Å²) >= 11 is 0. The van der Waals surface area contributed by atoms with Gasteiger partial charge in [-0.1, -0.05) is 36.4 Å². The molecule has 0 spiro atoms. The fourth-order valence-electron chi connectivity index (χ4n) is 3.54. The first kappa shape index (κ1) is 22.3. The lowest BCUT2D eigenvalue weighted by Gasteiger charge is -2.24. The van der Waals surface area contributed by atoms with Crippen molar-refractivity contribution >= 4 is 34.1 Å². The summed E-state index contributed by atoms with van der Waals surface area (Å²) in [5.41, 5.74) is 0.594. The fraction of sp³-hybridized carbons (Fsp3) is 0.269. The second-order valence-corrected chi connectivity index (χ2v) is 8.80. The number of ketones is 1. The standard InChI is InChI=1S/C26H25NO6/c1-26(2,3)33-25(30)21(28)14-24(29)27(20-10-11-22-23(13-20)32-16-31-22)15-17-8-9-18-6-4-5-7-19(18)12-17/h4-13H,14-16H2,1-3H3. The van der Waals surface area contributed by atoms with Crippen molar-refractivity contribution in [3.05, 3.63) is 66.2 Å². The van der Waals surface area contributed by atoms with Crippen molar-refractivity contribution in [3.63, 3.8) is 0 Å². The second-order valence-electron chi connectivity index (χ2n) is 8.80. The summed E-state index contributed by atoms with van der Waals surface area (Å²) in [5.74, 6) is -1.33. The average Bonchev–Trinajstić information content (AvgIpc) is 3.24. The Bertz CT molecular complexity index is 1230. The first-order valence-corrected chi connectivity index (χ1v) is 10.6. The smallest absolute Gasteiger partial charge is 0.375 e. The number of ether oxygens (including phenoxy) is 3. The van der Waals surface area contributed by atoms with Crippen LogP contribution in [-0.4, -0.2) is 30.1 Å². The summed E-state index contributed by atoms with van der Waals surface area (Å²) in [6.07, 6.45) is -0.600. The van der Waals surface area contributed by atoms with Crippen LogP contribution >= 0.6 is 0 Å². The zero-order valence-corrected chi connectivity index (χ0v) is 18.8. The van der Waals surface area contributed by atoms with Gasteiger partial charge in [-0.25, -0.2) is 4.79 Å². The molecule has 1 amide bonds. The third-order valence-electron chi connectivity index (χ3n) is 5.06. The van der Waals surface area contributed by atoms with Crippen molar-refractivity contribution in [2.75, 3.05) is 11.7 Å². The summed E-state index contributed by atoms with van der Waals surface area (Å²) < 4.78 is 15.9. The molecule has 0 aromatic heterocycles. The van der Waals surface area contributed by atoms with E-state index >= 15 is 0 Å². The van der Waals surface area contributed by atoms with Gasteiger partial charge in [0.25, 0.3) is 0 Å². The molecule has 0 aliphatic carbocycles. The number of benzene rings is 3. The summed E-state index contributed by atoms with van der Waals surface area (Å²) in [6.45, 7) is 5.31. The van der Waals surface area contributed by atoms with E-state index in [1.165, 1.54) is 4.90 Å². The molecule has 7 nitrogen and oxygen atoms in total. The molecule has 0 bridgehead atoms. The van der Waals surface area contributed by atoms with Crippen LogP contribution in [0.5, 0.6) is 11.5 Å². The van der Waals surface area contributed by atoms with Crippen molar-refractivity contribution in [2.24, 2.45) is 0 Å². The van der Waals surface area contributed by atoms with Gasteiger partial charge in [-0.3, -0.25) is 9.59 Å². The fourth-order valence-corrected chi connectivity index (χ4v) is 3.54. The molecule has 3 aromatic carbocycles. The number of hydrogen-bond donors (Lipinski definition) is 0. The van der Waals surface area contributed by atoms with Crippen LogP contribution in [0.15, 0.2) is 60.7 Å². The van der Waals surface area contributed by atoms with Crippen LogP contribution in [0.3, 0.4) is 0 Å². The van der Waals surface area contributed by atoms with E-state index in [4.69, 9.17) is 14.2 Å². The van der Waals surface area contributed by atoms with Gasteiger partial charge < -0.3 is 19.1 Å². The van der Waals surface area contributed by atoms with Gasteiger partial charge in [0, 0.05) is 11.8 Å². The Kier molecular flexibility index (Phi) is 6.05. The third-order valence-corrected chi connectivity index (χ3v) is 5.06. The molecule has 1 aliphatic heterocycles. The van der Waals surface area contributed by atoms with E-state index in [-0.39, 0.29) is 13.3 Å². The van der Waals surface area contributed by atoms with Crippen LogP contribution in [-0.2, 0) is 25.7 Å². The molecule has 33 heavy (non-hydrogen) atoms. The van der Waals surface area contributed by atoms with E-state index in [9.17, 15) is 14.4 Å². The van der Waals surface area contributed by atoms with Crippen molar-refractivity contribution in [3.8, 4) is 11.5 Å². The van der Waals surface area contributed by atoms with Gasteiger partial charge in [0.15, 0.2) is 11.5 Å². The van der Waals surface area contributed by atoms with Gasteiger partial charge in [0.2, 0.25) is 18.5 Å². The minimum absolute atomic E-state index is 0.106. The highest BCUT2D eigenvalue weighted by atomic mass is 16.7. The largest absolute Gasteiger partial charge is 0.454 e. The number of esters is 1. The molecular weight excluding hydrogens is 422 g/mol. The number of nitrogens with zero attached hydrogens (tertiary/aromatic N) is 1. The van der Waals surface area contributed by atoms with E-state index in [0.717, 1.165) is 16.3 Å². The Morgan fingerprint density at radius 2 is 1.64 bits per heavy atom. The quantitative estimate of drug-likeness (QED) is 0.316. The van der Waals surface area contributed by atoms with Crippen LogP contribution in [0.4, 0.5) is 5.69 Å². The second kappa shape index (κ2) is 8.94. The summed E-state index contributed by atoms with van der Waals surface area (Å²) in [4.78, 5) is 39.2. The van der Waals surface area contributed by atoms with Crippen molar-refractivity contribution in [1.82, 2.24) is 0 Å². The van der Waals surface area contributed by atoms with Crippen molar-refractivity contribution in [2.45, 2.75) is 39.3 Å². The molecule has 0 saturated heterocycles. The molecule has 1 heterocycles. The Morgan fingerprint density at radius 3 is 2.39 bits per heavy atom. The maximum Gasteiger partial charge on any atom is 0.375 e. The van der Waals surface area contributed by atoms with Crippen LogP contribution in [0.2, 0.25) is 0 Å². The van der Waals surface area contributed by atoms with Gasteiger partial charge >= 0.3 is 5.97 Å². The Balaban J connectivity index is 1.61. The Labute approximate surface area is 191 Å². The minimum Gasteiger partial charge on any atom is -0.454 e. The molecule has 0 N–H and O–H groups in total. The average molecular weight is 447 g/mol. The third kappa shape index (κ3) is 5.31. The normalized spacial score (nSPS) is 12.5. The number of carbonyl (C=O) groups excluding carboxylic acids is 3. The van der Waals surface area contributed by atoms with Gasteiger partial charge in [0.1, 0.15) is 5.60 Å². The number of anilines is 1. The zero-order chi connectivity index (χ0) is 23.6. The van der Waals surface area contributed by atoms with Crippen molar-refractivity contribution in [1.29, 1.82) is 0 Å². The highest BCUT2D eigenvalue weighted by Crippen LogP contribution is 2.36. The molecular formula is C26H25NO6. The first-order chi connectivity index (χ1) is 15.7. The van der Waals surface area contributed by atoms with E-state index in [1.54, 1.807) is 39.0 Å². The Hall–Kier alpha value is -3.87. The number of Topliss-reactive ketones (excluding diaryl/α,β-unsaturated/α-hetero) is 1. The molecule has 0 fully saturated rings. The zero-order valence-electron chi connectivity index (χ0n) is 18.8. The molecule has 1 aliphatic rings. The molecule has 0 saturated carbocycles. The lowest BCUT2D eigenvalue weighted by Crippen LogP contribution is -2.35. The van der Waals surface area contributed by atoms with Gasteiger partial charge in [-0.2, -0.15) is 0 Å². The van der Waals surface area contributed by atoms with Gasteiger partial charge in [-0.05, 0) is 55.3 Å². The molecule has 7 heteroatoms. The maximum atomic E-state index is 13.2. The van der Waals surface area contributed by atoms with Crippen LogP contribution in [0.1, 0.15) is 32.8 Å². The lowest BCUT2D eigenvalue weighted by molar-refractivity contribution is -0.163. The predicted octanol–water partition coefficient (Wildman–Crippen LogP) is 4.40. The number of rotatable bonds is 6. The Morgan fingerprint density at radius 1 is 0.909 bits per heavy atom. The number of amides is 1. The van der Waals surface area contributed by atoms with E-state index in [1.807, 2.05) is 42.5 Å². The van der Waals surface area contributed by atoms with E-state index < -0.39 is 29.7 Å². The summed E-state index contributed by atoms with van der Waals surface area (Å²) in [5, 5.41) is 2.13. The monoisotopic (exact) mass is 447 g/mol.